The van der Waals surface area contributed by atoms with E-state index in [1.807, 2.05) is 7.05 Å². The Morgan fingerprint density at radius 3 is 2.63 bits per heavy atom. The molecule has 4 aliphatic carbocycles. The van der Waals surface area contributed by atoms with Crippen LogP contribution in [0.3, 0.4) is 0 Å². The molecule has 35 heavy (non-hydrogen) atoms. The summed E-state index contributed by atoms with van der Waals surface area (Å²) in [6, 6.07) is 0. The summed E-state index contributed by atoms with van der Waals surface area (Å²) in [7, 11) is 1.85. The van der Waals surface area contributed by atoms with Crippen molar-refractivity contribution in [3.8, 4) is 0 Å². The van der Waals surface area contributed by atoms with E-state index in [0.29, 0.717) is 61.4 Å². The average molecular weight is 491 g/mol. The van der Waals surface area contributed by atoms with Crippen molar-refractivity contribution in [3.63, 3.8) is 0 Å². The van der Waals surface area contributed by atoms with E-state index in [9.17, 15) is 19.8 Å². The van der Waals surface area contributed by atoms with Crippen molar-refractivity contribution < 1.29 is 19.8 Å². The first-order valence-electron chi connectivity index (χ1n) is 14.4. The van der Waals surface area contributed by atoms with E-state index in [1.54, 1.807) is 4.90 Å². The first kappa shape index (κ1) is 26.9. The quantitative estimate of drug-likeness (QED) is 0.337. The monoisotopic (exact) mass is 490 g/mol. The van der Waals surface area contributed by atoms with Gasteiger partial charge in [-0.15, -0.1) is 0 Å². The van der Waals surface area contributed by atoms with Crippen LogP contribution in [0.25, 0.3) is 0 Å². The van der Waals surface area contributed by atoms with Crippen molar-refractivity contribution in [3.05, 3.63) is 0 Å². The molecule has 0 aliphatic heterocycles. The third-order valence-electron chi connectivity index (χ3n) is 11.6. The zero-order chi connectivity index (χ0) is 25.4. The van der Waals surface area contributed by atoms with Gasteiger partial charge in [0.05, 0.1) is 12.2 Å². The van der Waals surface area contributed by atoms with E-state index in [1.165, 1.54) is 25.7 Å². The summed E-state index contributed by atoms with van der Waals surface area (Å²) in [6.45, 7) is 8.41. The molecule has 10 atom stereocenters. The molecule has 0 aromatic carbocycles. The van der Waals surface area contributed by atoms with Crippen molar-refractivity contribution in [2.24, 2.45) is 46.3 Å². The van der Waals surface area contributed by atoms with Crippen LogP contribution in [0.1, 0.15) is 91.4 Å². The van der Waals surface area contributed by atoms with Crippen LogP contribution in [-0.2, 0) is 9.59 Å². The van der Waals surface area contributed by atoms with Crippen LogP contribution in [0, 0.1) is 46.3 Å². The number of hydrogen-bond donors (Lipinski definition) is 3. The highest BCUT2D eigenvalue weighted by atomic mass is 16.3. The third kappa shape index (κ3) is 4.91. The Hall–Kier alpha value is -1.14. The van der Waals surface area contributed by atoms with Crippen molar-refractivity contribution in [1.82, 2.24) is 10.2 Å². The highest BCUT2D eigenvalue weighted by Crippen LogP contribution is 2.68. The lowest BCUT2D eigenvalue weighted by Crippen LogP contribution is -2.58. The highest BCUT2D eigenvalue weighted by Gasteiger charge is 2.63. The number of hydrogen-bond acceptors (Lipinski definition) is 4. The number of aliphatic hydroxyl groups excluding tert-OH is 2. The van der Waals surface area contributed by atoms with Gasteiger partial charge in [-0.05, 0) is 111 Å². The summed E-state index contributed by atoms with van der Waals surface area (Å²) in [4.78, 5) is 24.9. The van der Waals surface area contributed by atoms with Crippen LogP contribution in [0.2, 0.25) is 0 Å². The molecule has 0 saturated heterocycles. The minimum Gasteiger partial charge on any atom is -0.393 e. The summed E-state index contributed by atoms with van der Waals surface area (Å²) in [6.07, 6.45) is 11.3. The van der Waals surface area contributed by atoms with E-state index in [-0.39, 0.29) is 28.9 Å². The maximum absolute atomic E-state index is 12.7. The van der Waals surface area contributed by atoms with Gasteiger partial charge in [0.1, 0.15) is 0 Å². The van der Waals surface area contributed by atoms with Gasteiger partial charge in [-0.1, -0.05) is 20.8 Å². The minimum atomic E-state index is -0.269. The van der Waals surface area contributed by atoms with Gasteiger partial charge in [-0.2, -0.15) is 0 Å². The summed E-state index contributed by atoms with van der Waals surface area (Å²) in [5.41, 5.74) is 0.222. The Morgan fingerprint density at radius 2 is 1.89 bits per heavy atom. The van der Waals surface area contributed by atoms with Crippen LogP contribution in [0.5, 0.6) is 0 Å². The molecule has 0 heterocycles. The number of rotatable bonds is 9. The molecular weight excluding hydrogens is 440 g/mol. The summed E-state index contributed by atoms with van der Waals surface area (Å²) >= 11 is 0. The predicted molar refractivity (Wildman–Crippen MR) is 137 cm³/mol. The molecule has 4 saturated carbocycles. The van der Waals surface area contributed by atoms with Crippen molar-refractivity contribution in [2.45, 2.75) is 104 Å². The fourth-order valence-corrected chi connectivity index (χ4v) is 9.51. The first-order chi connectivity index (χ1) is 16.6. The Bertz CT molecular complexity index is 761. The lowest BCUT2D eigenvalue weighted by atomic mass is 9.43. The average Bonchev–Trinajstić information content (AvgIpc) is 3.20. The van der Waals surface area contributed by atoms with E-state index in [0.717, 1.165) is 38.5 Å². The van der Waals surface area contributed by atoms with E-state index in [2.05, 4.69) is 26.1 Å². The highest BCUT2D eigenvalue weighted by molar-refractivity contribution is 5.75. The largest absolute Gasteiger partial charge is 0.393 e. The van der Waals surface area contributed by atoms with Crippen LogP contribution in [-0.4, -0.2) is 59.8 Å². The van der Waals surface area contributed by atoms with E-state index < -0.39 is 0 Å². The normalized spacial score (nSPS) is 43.4. The molecule has 0 aromatic heterocycles. The second-order valence-electron chi connectivity index (χ2n) is 13.1. The molecule has 4 fully saturated rings. The van der Waals surface area contributed by atoms with Crippen LogP contribution >= 0.6 is 0 Å². The molecule has 4 rings (SSSR count). The minimum absolute atomic E-state index is 0.0482. The number of amides is 2. The summed E-state index contributed by atoms with van der Waals surface area (Å²) < 4.78 is 0. The van der Waals surface area contributed by atoms with Crippen molar-refractivity contribution in [2.75, 3.05) is 20.1 Å². The molecule has 0 bridgehead atoms. The van der Waals surface area contributed by atoms with E-state index in [4.69, 9.17) is 0 Å². The van der Waals surface area contributed by atoms with Gasteiger partial charge in [0.2, 0.25) is 12.3 Å². The summed E-state index contributed by atoms with van der Waals surface area (Å²) in [5, 5.41) is 24.6. The van der Waals surface area contributed by atoms with Gasteiger partial charge < -0.3 is 20.4 Å². The SMILES string of the molecule is C[C@H](CCC(=O)N(C)CCCNC=O)[C@H]1CC[C@H]2[C@@H]3CC[C@@H]4C[C@H](O)CC[C@]4(C)[C@H]3C[C@H](O)[C@]12C. The molecular formula is C29H50N2O4. The Balaban J connectivity index is 1.38. The zero-order valence-corrected chi connectivity index (χ0v) is 22.5. The molecule has 4 aliphatic rings. The van der Waals surface area contributed by atoms with Gasteiger partial charge in [-0.3, -0.25) is 9.59 Å². The van der Waals surface area contributed by atoms with Crippen LogP contribution < -0.4 is 5.32 Å². The van der Waals surface area contributed by atoms with Gasteiger partial charge in [0.15, 0.2) is 0 Å². The van der Waals surface area contributed by atoms with E-state index >= 15 is 0 Å². The van der Waals surface area contributed by atoms with Crippen molar-refractivity contribution in [1.29, 1.82) is 0 Å². The molecule has 6 nitrogen and oxygen atoms in total. The molecule has 0 radical (unpaired) electrons. The third-order valence-corrected chi connectivity index (χ3v) is 11.6. The molecule has 2 amide bonds. The lowest BCUT2D eigenvalue weighted by Gasteiger charge is -2.62. The van der Waals surface area contributed by atoms with Crippen LogP contribution in [0.15, 0.2) is 0 Å². The smallest absolute Gasteiger partial charge is 0.222 e. The first-order valence-corrected chi connectivity index (χ1v) is 14.4. The second kappa shape index (κ2) is 10.7. The van der Waals surface area contributed by atoms with Gasteiger partial charge >= 0.3 is 0 Å². The summed E-state index contributed by atoms with van der Waals surface area (Å²) in [5.74, 6) is 3.54. The predicted octanol–water partition coefficient (Wildman–Crippen LogP) is 3.99. The molecule has 0 spiro atoms. The van der Waals surface area contributed by atoms with Crippen molar-refractivity contribution >= 4 is 12.3 Å². The maximum atomic E-state index is 12.7. The number of fused-ring (bicyclic) bond motifs is 5. The molecule has 6 heteroatoms. The number of nitrogens with zero attached hydrogens (tertiary/aromatic N) is 1. The number of aliphatic hydroxyl groups is 2. The van der Waals surface area contributed by atoms with Crippen LogP contribution in [0.4, 0.5) is 0 Å². The molecule has 200 valence electrons. The number of nitrogens with one attached hydrogen (secondary N) is 1. The Morgan fingerprint density at radius 1 is 1.11 bits per heavy atom. The van der Waals surface area contributed by atoms with Gasteiger partial charge in [-0.25, -0.2) is 0 Å². The molecule has 0 unspecified atom stereocenters. The Kier molecular flexibility index (Phi) is 8.22. The van der Waals surface area contributed by atoms with Gasteiger partial charge in [0, 0.05) is 26.6 Å². The topological polar surface area (TPSA) is 89.9 Å². The second-order valence-corrected chi connectivity index (χ2v) is 13.1. The lowest BCUT2D eigenvalue weighted by molar-refractivity contribution is -0.175. The fraction of sp³-hybridized carbons (Fsp3) is 0.931. The number of carbonyl (C=O) groups excluding carboxylic acids is 2. The maximum Gasteiger partial charge on any atom is 0.222 e. The van der Waals surface area contributed by atoms with Gasteiger partial charge in [0.25, 0.3) is 0 Å². The fourth-order valence-electron chi connectivity index (χ4n) is 9.51. The standard InChI is InChI=1S/C29H50N2O4/c1-19(6-11-27(35)31(4)15-5-14-30-18-32)23-9-10-24-22-8-7-20-16-21(33)12-13-28(20,2)25(22)17-26(34)29(23,24)3/h18-26,33-34H,5-17H2,1-4H3,(H,30,32)/t19-,20-,21-,22+,23-,24+,25+,26+,28+,29-/m1/s1. The molecule has 0 aromatic rings. The molecule has 3 N–H and O–H groups in total. The zero-order valence-electron chi connectivity index (χ0n) is 22.5. The Labute approximate surface area is 212 Å². The number of carbonyl (C=O) groups is 2.